The monoisotopic (exact) mass is 262 g/mol. The highest BCUT2D eigenvalue weighted by Crippen LogP contribution is 2.52. The van der Waals surface area contributed by atoms with Crippen molar-refractivity contribution >= 4 is 10.8 Å². The first-order chi connectivity index (χ1) is 9.93. The molecule has 102 valence electrons. The van der Waals surface area contributed by atoms with Gasteiger partial charge in [0.1, 0.15) is 0 Å². The Balaban J connectivity index is 1.95. The molecule has 0 aromatic heterocycles. The molecule has 0 N–H and O–H groups in total. The van der Waals surface area contributed by atoms with E-state index in [0.29, 0.717) is 0 Å². The Bertz CT molecular complexity index is 634. The summed E-state index contributed by atoms with van der Waals surface area (Å²) in [6, 6.07) is 9.26. The van der Waals surface area contributed by atoms with Gasteiger partial charge in [-0.25, -0.2) is 0 Å². The molecule has 0 heterocycles. The Labute approximate surface area is 121 Å². The topological polar surface area (TPSA) is 0 Å². The van der Waals surface area contributed by atoms with Crippen molar-refractivity contribution in [1.29, 1.82) is 0 Å². The maximum absolute atomic E-state index is 2.39. The number of hydrogen-bond donors (Lipinski definition) is 0. The van der Waals surface area contributed by atoms with E-state index in [-0.39, 0.29) is 0 Å². The highest BCUT2D eigenvalue weighted by atomic mass is 14.4. The molecule has 3 aliphatic rings. The number of hydrogen-bond acceptors (Lipinski definition) is 0. The fraction of sp³-hybridized carbons (Fsp3) is 0.500. The summed E-state index contributed by atoms with van der Waals surface area (Å²) >= 11 is 0. The van der Waals surface area contributed by atoms with E-state index in [4.69, 9.17) is 0 Å². The molecular weight excluding hydrogens is 240 g/mol. The zero-order valence-electron chi connectivity index (χ0n) is 12.1. The molecule has 2 aromatic carbocycles. The van der Waals surface area contributed by atoms with Crippen molar-refractivity contribution in [2.75, 3.05) is 0 Å². The molecule has 0 heteroatoms. The third-order valence-corrected chi connectivity index (χ3v) is 6.16. The van der Waals surface area contributed by atoms with Gasteiger partial charge in [-0.2, -0.15) is 0 Å². The van der Waals surface area contributed by atoms with E-state index < -0.39 is 0 Å². The minimum absolute atomic E-state index is 0.895. The molecule has 0 saturated carbocycles. The average Bonchev–Trinajstić information content (AvgIpc) is 2.53. The van der Waals surface area contributed by atoms with Crippen molar-refractivity contribution in [2.45, 2.75) is 63.2 Å². The van der Waals surface area contributed by atoms with Gasteiger partial charge >= 0.3 is 0 Å². The highest BCUT2D eigenvalue weighted by Gasteiger charge is 2.36. The molecule has 0 fully saturated rings. The third-order valence-electron chi connectivity index (χ3n) is 6.16. The molecular formula is C20H22. The van der Waals surface area contributed by atoms with Crippen molar-refractivity contribution < 1.29 is 0 Å². The van der Waals surface area contributed by atoms with Crippen LogP contribution in [0.25, 0.3) is 10.8 Å². The SMILES string of the molecule is c1ccc2c3c4c5c(c2c1)CCCC5CCC4CCC3. The second-order valence-electron chi connectivity index (χ2n) is 7.09. The van der Waals surface area contributed by atoms with Gasteiger partial charge in [0.25, 0.3) is 0 Å². The van der Waals surface area contributed by atoms with E-state index in [0.717, 1.165) is 11.8 Å². The minimum Gasteiger partial charge on any atom is -0.0616 e. The van der Waals surface area contributed by atoms with Gasteiger partial charge in [-0.1, -0.05) is 24.3 Å². The summed E-state index contributed by atoms with van der Waals surface area (Å²) in [5, 5.41) is 3.18. The Morgan fingerprint density at radius 3 is 1.65 bits per heavy atom. The lowest BCUT2D eigenvalue weighted by Crippen LogP contribution is -2.24. The lowest BCUT2D eigenvalue weighted by Gasteiger charge is -2.41. The van der Waals surface area contributed by atoms with Crippen LogP contribution < -0.4 is 0 Å². The van der Waals surface area contributed by atoms with Crippen LogP contribution in [0.1, 0.15) is 72.6 Å². The van der Waals surface area contributed by atoms with Crippen LogP contribution >= 0.6 is 0 Å². The smallest absolute Gasteiger partial charge is 0.0146 e. The van der Waals surface area contributed by atoms with E-state index in [1.807, 2.05) is 11.1 Å². The Kier molecular flexibility index (Phi) is 2.33. The van der Waals surface area contributed by atoms with Crippen molar-refractivity contribution in [3.63, 3.8) is 0 Å². The fourth-order valence-corrected chi connectivity index (χ4v) is 5.41. The van der Waals surface area contributed by atoms with Gasteiger partial charge in [0.15, 0.2) is 0 Å². The first-order valence-electron chi connectivity index (χ1n) is 8.49. The molecule has 2 unspecified atom stereocenters. The Hall–Kier alpha value is -1.30. The van der Waals surface area contributed by atoms with E-state index in [9.17, 15) is 0 Å². The van der Waals surface area contributed by atoms with Crippen LogP contribution in [0.4, 0.5) is 0 Å². The van der Waals surface area contributed by atoms with Crippen LogP contribution in [0.15, 0.2) is 24.3 Å². The van der Waals surface area contributed by atoms with Gasteiger partial charge in [-0.3, -0.25) is 0 Å². The van der Waals surface area contributed by atoms with Crippen LogP contribution in [0.2, 0.25) is 0 Å². The number of rotatable bonds is 0. The normalized spacial score (nSPS) is 27.4. The van der Waals surface area contributed by atoms with Gasteiger partial charge in [-0.15, -0.1) is 0 Å². The van der Waals surface area contributed by atoms with Gasteiger partial charge in [-0.05, 0) is 96.2 Å². The fourth-order valence-electron chi connectivity index (χ4n) is 5.41. The average molecular weight is 262 g/mol. The van der Waals surface area contributed by atoms with Gasteiger partial charge in [0, 0.05) is 0 Å². The van der Waals surface area contributed by atoms with Crippen LogP contribution in [0.5, 0.6) is 0 Å². The predicted molar refractivity (Wildman–Crippen MR) is 84.5 cm³/mol. The van der Waals surface area contributed by atoms with Gasteiger partial charge in [0.05, 0.1) is 0 Å². The van der Waals surface area contributed by atoms with Crippen LogP contribution in [-0.2, 0) is 12.8 Å². The minimum atomic E-state index is 0.895. The maximum atomic E-state index is 2.39. The molecule has 0 spiro atoms. The summed E-state index contributed by atoms with van der Waals surface area (Å²) in [5.74, 6) is 1.79. The molecule has 3 aliphatic carbocycles. The predicted octanol–water partition coefficient (Wildman–Crippen LogP) is 5.47. The van der Waals surface area contributed by atoms with Gasteiger partial charge in [0.2, 0.25) is 0 Å². The van der Waals surface area contributed by atoms with Crippen molar-refractivity contribution in [3.05, 3.63) is 46.5 Å². The van der Waals surface area contributed by atoms with Gasteiger partial charge < -0.3 is 0 Å². The molecule has 0 nitrogen and oxygen atoms in total. The highest BCUT2D eigenvalue weighted by molar-refractivity contribution is 5.92. The number of benzene rings is 2. The van der Waals surface area contributed by atoms with Crippen LogP contribution in [0, 0.1) is 0 Å². The number of fused-ring (bicyclic) bond motifs is 3. The summed E-state index contributed by atoms with van der Waals surface area (Å²) in [5.41, 5.74) is 7.14. The molecule has 5 rings (SSSR count). The Morgan fingerprint density at radius 1 is 0.650 bits per heavy atom. The van der Waals surface area contributed by atoms with E-state index >= 15 is 0 Å². The maximum Gasteiger partial charge on any atom is -0.0146 e. The van der Waals surface area contributed by atoms with Crippen molar-refractivity contribution in [1.82, 2.24) is 0 Å². The van der Waals surface area contributed by atoms with E-state index in [1.165, 1.54) is 51.4 Å². The summed E-state index contributed by atoms with van der Waals surface area (Å²) in [4.78, 5) is 0. The standard InChI is InChI=1S/C20H22/c1-2-8-16-15(7-1)17-9-3-5-13-11-12-14-6-4-10-18(16)20(14)19(13)17/h1-2,7-8,13-14H,3-6,9-12H2. The summed E-state index contributed by atoms with van der Waals surface area (Å²) in [6.07, 6.45) is 11.3. The Morgan fingerprint density at radius 2 is 1.15 bits per heavy atom. The molecule has 0 aliphatic heterocycles. The quantitative estimate of drug-likeness (QED) is 0.590. The summed E-state index contributed by atoms with van der Waals surface area (Å²) < 4.78 is 0. The molecule has 0 radical (unpaired) electrons. The lowest BCUT2D eigenvalue weighted by molar-refractivity contribution is 0.403. The van der Waals surface area contributed by atoms with Crippen LogP contribution in [-0.4, -0.2) is 0 Å². The largest absolute Gasteiger partial charge is 0.0616 e. The molecule has 0 saturated heterocycles. The third kappa shape index (κ3) is 1.38. The first-order valence-corrected chi connectivity index (χ1v) is 8.49. The second kappa shape index (κ2) is 4.10. The molecule has 2 aromatic rings. The molecule has 0 bridgehead atoms. The summed E-state index contributed by atoms with van der Waals surface area (Å²) in [6.45, 7) is 0. The van der Waals surface area contributed by atoms with Crippen LogP contribution in [0.3, 0.4) is 0 Å². The number of aryl methyl sites for hydroxylation is 2. The van der Waals surface area contributed by atoms with E-state index in [2.05, 4.69) is 24.3 Å². The zero-order valence-corrected chi connectivity index (χ0v) is 12.1. The van der Waals surface area contributed by atoms with E-state index in [1.54, 1.807) is 21.9 Å². The molecule has 20 heavy (non-hydrogen) atoms. The summed E-state index contributed by atoms with van der Waals surface area (Å²) in [7, 11) is 0. The zero-order chi connectivity index (χ0) is 13.1. The van der Waals surface area contributed by atoms with Crippen molar-refractivity contribution in [2.24, 2.45) is 0 Å². The van der Waals surface area contributed by atoms with Crippen molar-refractivity contribution in [3.8, 4) is 0 Å². The second-order valence-corrected chi connectivity index (χ2v) is 7.09. The molecule has 0 amide bonds. The lowest BCUT2D eigenvalue weighted by atomic mass is 9.64. The first kappa shape index (κ1) is 11.4. The molecule has 2 atom stereocenters.